The van der Waals surface area contributed by atoms with Gasteiger partial charge in [0.2, 0.25) is 0 Å². The molecule has 0 saturated carbocycles. The Morgan fingerprint density at radius 2 is 1.69 bits per heavy atom. The summed E-state index contributed by atoms with van der Waals surface area (Å²) < 4.78 is 2.16. The number of carbonyl (C=O) groups is 2. The first-order valence-electron chi connectivity index (χ1n) is 13.0. The number of aromatic nitrogens is 1. The van der Waals surface area contributed by atoms with E-state index >= 15 is 0 Å². The van der Waals surface area contributed by atoms with Crippen LogP contribution in [0.5, 0.6) is 0 Å². The van der Waals surface area contributed by atoms with Gasteiger partial charge in [-0.25, -0.2) is 0 Å². The number of hydrogen-bond acceptors (Lipinski definition) is 3. The van der Waals surface area contributed by atoms with Crippen LogP contribution in [0.1, 0.15) is 102 Å². The number of hydrogen-bond donors (Lipinski definition) is 1. The number of aryl methyl sites for hydroxylation is 1. The largest absolute Gasteiger partial charge is 0.481 e. The average molecular weight is 538 g/mol. The highest BCUT2D eigenvalue weighted by Gasteiger charge is 2.26. The number of carbonyl (C=O) groups excluding carboxylic acids is 1. The first-order chi connectivity index (χ1) is 17.3. The second-order valence-electron chi connectivity index (χ2n) is 7.62. The van der Waals surface area contributed by atoms with Crippen LogP contribution in [-0.4, -0.2) is 33.6 Å². The summed E-state index contributed by atoms with van der Waals surface area (Å²) in [6.07, 6.45) is 11.7. The van der Waals surface area contributed by atoms with Crippen molar-refractivity contribution in [3.05, 3.63) is 53.3 Å². The number of thioether (sulfide) groups is 1. The molecular weight excluding hydrogens is 490 g/mol. The SMILES string of the molecule is C/C=C/Cn1c(C(CCC)CC(=O)O)c(C)c2cc(SC)cc(C(C)=O)c21.C/C=C\CCl.CC.CC. The standard InChI is InChI=1S/C22H29NO3S.C4H7Cl.2C2H6/c1-6-8-10-23-21(16(9-7-2)11-20(25)26)14(3)18-12-17(27-5)13-19(15(4)24)22(18)23;1-2-3-4-5;2*1-2/h6,8,12-13,16H,7,9-11H2,1-5H3,(H,25,26);2-3H,4H2,1H3;2*1-2H3/b8-6+;3-2-;;. The van der Waals surface area contributed by atoms with Crippen LogP contribution in [0.25, 0.3) is 10.9 Å². The minimum atomic E-state index is -0.785. The van der Waals surface area contributed by atoms with Crippen LogP contribution >= 0.6 is 23.4 Å². The lowest BCUT2D eigenvalue weighted by atomic mass is 9.93. The molecule has 2 rings (SSSR count). The molecule has 1 N–H and O–H groups in total. The number of Topliss-reactive ketones (excluding diaryl/α,β-unsaturated/α-hetero) is 1. The Balaban J connectivity index is 0. The highest BCUT2D eigenvalue weighted by atomic mass is 35.5. The molecule has 0 bridgehead atoms. The fourth-order valence-corrected chi connectivity index (χ4v) is 4.59. The van der Waals surface area contributed by atoms with Crippen LogP contribution < -0.4 is 0 Å². The summed E-state index contributed by atoms with van der Waals surface area (Å²) in [6, 6.07) is 4.08. The van der Waals surface area contributed by atoms with Crippen molar-refractivity contribution in [1.29, 1.82) is 0 Å². The fourth-order valence-electron chi connectivity index (χ4n) is 3.94. The molecule has 0 fully saturated rings. The summed E-state index contributed by atoms with van der Waals surface area (Å²) in [5, 5.41) is 10.5. The van der Waals surface area contributed by atoms with Gasteiger partial charge in [-0.1, -0.05) is 65.3 Å². The number of nitrogens with zero attached hydrogens (tertiary/aromatic N) is 1. The number of carboxylic acids is 1. The van der Waals surface area contributed by atoms with Gasteiger partial charge in [0.05, 0.1) is 11.9 Å². The van der Waals surface area contributed by atoms with Crippen LogP contribution in [0.15, 0.2) is 41.3 Å². The summed E-state index contributed by atoms with van der Waals surface area (Å²) >= 11 is 6.83. The average Bonchev–Trinajstić information content (AvgIpc) is 3.16. The zero-order chi connectivity index (χ0) is 28.3. The molecule has 204 valence electrons. The van der Waals surface area contributed by atoms with Gasteiger partial charge in [0.15, 0.2) is 5.78 Å². The van der Waals surface area contributed by atoms with E-state index in [1.807, 2.05) is 72.1 Å². The summed E-state index contributed by atoms with van der Waals surface area (Å²) in [7, 11) is 0. The van der Waals surface area contributed by atoms with E-state index in [0.29, 0.717) is 18.0 Å². The molecule has 4 nitrogen and oxygen atoms in total. The number of benzene rings is 1. The van der Waals surface area contributed by atoms with Gasteiger partial charge in [-0.05, 0) is 58.1 Å². The van der Waals surface area contributed by atoms with Crippen LogP contribution in [-0.2, 0) is 11.3 Å². The minimum Gasteiger partial charge on any atom is -0.481 e. The third-order valence-electron chi connectivity index (χ3n) is 5.34. The summed E-state index contributed by atoms with van der Waals surface area (Å²) in [6.45, 7) is 18.3. The third kappa shape index (κ3) is 11.0. The van der Waals surface area contributed by atoms with Crippen molar-refractivity contribution in [3.63, 3.8) is 0 Å². The molecule has 1 aromatic carbocycles. The van der Waals surface area contributed by atoms with E-state index in [1.54, 1.807) is 18.7 Å². The molecule has 0 aliphatic rings. The highest BCUT2D eigenvalue weighted by Crippen LogP contribution is 2.38. The third-order valence-corrected chi connectivity index (χ3v) is 6.23. The fraction of sp³-hybridized carbons (Fsp3) is 0.533. The van der Waals surface area contributed by atoms with Gasteiger partial charge in [-0.3, -0.25) is 9.59 Å². The molecule has 0 saturated heterocycles. The number of allylic oxidation sites excluding steroid dienone is 4. The molecule has 0 radical (unpaired) electrons. The normalized spacial score (nSPS) is 11.3. The van der Waals surface area contributed by atoms with Gasteiger partial charge in [0.25, 0.3) is 0 Å². The second kappa shape index (κ2) is 21.1. The molecule has 1 heterocycles. The van der Waals surface area contributed by atoms with E-state index in [9.17, 15) is 14.7 Å². The monoisotopic (exact) mass is 537 g/mol. The summed E-state index contributed by atoms with van der Waals surface area (Å²) in [5.74, 6) is -0.182. The second-order valence-corrected chi connectivity index (χ2v) is 8.81. The van der Waals surface area contributed by atoms with Crippen LogP contribution in [0.4, 0.5) is 0 Å². The Bertz CT molecular complexity index is 976. The van der Waals surface area contributed by atoms with E-state index < -0.39 is 5.97 Å². The quantitative estimate of drug-likeness (QED) is 0.142. The maximum atomic E-state index is 12.4. The number of halogens is 1. The van der Waals surface area contributed by atoms with Gasteiger partial charge in [0.1, 0.15) is 0 Å². The molecule has 0 aliphatic carbocycles. The van der Waals surface area contributed by atoms with Crippen molar-refractivity contribution in [2.24, 2.45) is 0 Å². The molecule has 1 unspecified atom stereocenters. The number of aliphatic carboxylic acids is 1. The molecule has 1 aromatic heterocycles. The number of fused-ring (bicyclic) bond motifs is 1. The Morgan fingerprint density at radius 3 is 2.08 bits per heavy atom. The zero-order valence-electron chi connectivity index (χ0n) is 24.1. The minimum absolute atomic E-state index is 0.0342. The predicted molar refractivity (Wildman–Crippen MR) is 161 cm³/mol. The van der Waals surface area contributed by atoms with E-state index in [1.165, 1.54) is 0 Å². The van der Waals surface area contributed by atoms with Crippen molar-refractivity contribution in [1.82, 2.24) is 4.57 Å². The number of alkyl halides is 1. The van der Waals surface area contributed by atoms with Gasteiger partial charge in [-0.15, -0.1) is 23.4 Å². The Hall–Kier alpha value is -1.98. The maximum absolute atomic E-state index is 12.4. The van der Waals surface area contributed by atoms with Crippen LogP contribution in [0.3, 0.4) is 0 Å². The Kier molecular flexibility index (Phi) is 21.2. The Morgan fingerprint density at radius 1 is 1.11 bits per heavy atom. The molecule has 1 atom stereocenters. The summed E-state index contributed by atoms with van der Waals surface area (Å²) in [4.78, 5) is 25.0. The van der Waals surface area contributed by atoms with Crippen molar-refractivity contribution in [2.75, 3.05) is 12.1 Å². The molecule has 6 heteroatoms. The molecule has 0 aliphatic heterocycles. The van der Waals surface area contributed by atoms with Gasteiger partial charge in [0, 0.05) is 39.9 Å². The first-order valence-corrected chi connectivity index (χ1v) is 14.7. The lowest BCUT2D eigenvalue weighted by Crippen LogP contribution is -2.13. The highest BCUT2D eigenvalue weighted by molar-refractivity contribution is 7.98. The molecule has 2 aromatic rings. The van der Waals surface area contributed by atoms with E-state index in [0.717, 1.165) is 39.9 Å². The number of ketones is 1. The lowest BCUT2D eigenvalue weighted by molar-refractivity contribution is -0.137. The van der Waals surface area contributed by atoms with Crippen LogP contribution in [0, 0.1) is 6.92 Å². The van der Waals surface area contributed by atoms with Gasteiger partial charge < -0.3 is 9.67 Å². The molecule has 36 heavy (non-hydrogen) atoms. The van der Waals surface area contributed by atoms with E-state index in [-0.39, 0.29) is 18.1 Å². The smallest absolute Gasteiger partial charge is 0.304 e. The van der Waals surface area contributed by atoms with E-state index in [2.05, 4.69) is 30.6 Å². The van der Waals surface area contributed by atoms with Crippen molar-refractivity contribution in [2.45, 2.75) is 98.9 Å². The number of rotatable bonds is 10. The van der Waals surface area contributed by atoms with Crippen molar-refractivity contribution in [3.8, 4) is 0 Å². The van der Waals surface area contributed by atoms with Crippen LogP contribution in [0.2, 0.25) is 0 Å². The maximum Gasteiger partial charge on any atom is 0.304 e. The van der Waals surface area contributed by atoms with Gasteiger partial charge >= 0.3 is 5.97 Å². The Labute approximate surface area is 229 Å². The molecular formula is C30H48ClNO3S. The van der Waals surface area contributed by atoms with Crippen molar-refractivity contribution < 1.29 is 14.7 Å². The molecule has 0 spiro atoms. The lowest BCUT2D eigenvalue weighted by Gasteiger charge is -2.19. The summed E-state index contributed by atoms with van der Waals surface area (Å²) in [5.41, 5.74) is 3.78. The van der Waals surface area contributed by atoms with E-state index in [4.69, 9.17) is 11.6 Å². The first kappa shape index (κ1) is 36.2. The molecule has 0 amide bonds. The topological polar surface area (TPSA) is 59.3 Å². The predicted octanol–water partition coefficient (Wildman–Crippen LogP) is 9.66. The van der Waals surface area contributed by atoms with Gasteiger partial charge in [-0.2, -0.15) is 0 Å². The zero-order valence-corrected chi connectivity index (χ0v) is 25.6. The number of carboxylic acid groups (broad SMARTS) is 1. The van der Waals surface area contributed by atoms with Crippen molar-refractivity contribution >= 4 is 46.0 Å².